The van der Waals surface area contributed by atoms with Crippen LogP contribution in [0.4, 0.5) is 8.78 Å². The van der Waals surface area contributed by atoms with Gasteiger partial charge in [0.25, 0.3) is 0 Å². The fourth-order valence-electron chi connectivity index (χ4n) is 2.35. The van der Waals surface area contributed by atoms with Crippen molar-refractivity contribution in [2.24, 2.45) is 11.7 Å². The maximum atomic E-state index is 13.7. The molecule has 1 aliphatic rings. The van der Waals surface area contributed by atoms with E-state index < -0.39 is 17.2 Å². The van der Waals surface area contributed by atoms with Gasteiger partial charge < -0.3 is 10.7 Å². The number of rotatable bonds is 3. The first kappa shape index (κ1) is 12.3. The van der Waals surface area contributed by atoms with Gasteiger partial charge in [-0.3, -0.25) is 0 Å². The van der Waals surface area contributed by atoms with E-state index in [-0.39, 0.29) is 5.56 Å². The van der Waals surface area contributed by atoms with E-state index in [1.54, 1.807) is 0 Å². The Hall–Kier alpha value is -1.75. The van der Waals surface area contributed by atoms with Crippen LogP contribution in [0.5, 0.6) is 0 Å². The Morgan fingerprint density at radius 1 is 1.32 bits per heavy atom. The Morgan fingerprint density at radius 3 is 2.53 bits per heavy atom. The molecule has 1 heterocycles. The highest BCUT2D eigenvalue weighted by molar-refractivity contribution is 5.60. The summed E-state index contributed by atoms with van der Waals surface area (Å²) in [5, 5.41) is 0. The summed E-state index contributed by atoms with van der Waals surface area (Å²) >= 11 is 0. The first-order chi connectivity index (χ1) is 9.00. The van der Waals surface area contributed by atoms with E-state index in [1.807, 2.05) is 6.92 Å². The minimum Gasteiger partial charge on any atom is -0.340 e. The number of aromatic nitrogens is 2. The van der Waals surface area contributed by atoms with Gasteiger partial charge in [-0.25, -0.2) is 13.8 Å². The fourth-order valence-corrected chi connectivity index (χ4v) is 2.35. The Labute approximate surface area is 109 Å². The molecule has 5 heteroatoms. The van der Waals surface area contributed by atoms with E-state index in [1.165, 1.54) is 24.4 Å². The number of aromatic amines is 1. The second-order valence-electron chi connectivity index (χ2n) is 5.30. The zero-order chi connectivity index (χ0) is 13.6. The van der Waals surface area contributed by atoms with Crippen molar-refractivity contribution in [2.45, 2.75) is 25.3 Å². The molecule has 3 rings (SSSR count). The number of halogens is 2. The van der Waals surface area contributed by atoms with Gasteiger partial charge in [-0.2, -0.15) is 0 Å². The first-order valence-corrected chi connectivity index (χ1v) is 6.29. The molecule has 3 N–H and O–H groups in total. The summed E-state index contributed by atoms with van der Waals surface area (Å²) < 4.78 is 27.4. The Kier molecular flexibility index (Phi) is 2.67. The third-order valence-electron chi connectivity index (χ3n) is 3.74. The molecule has 0 aliphatic heterocycles. The standard InChI is InChI=1S/C14H15F2N3/c1-14(17,8-5-6-8)13-18-7-11(19-13)12-9(15)3-2-4-10(12)16/h2-4,7-8H,5-6,17H2,1H3,(H,18,19). The van der Waals surface area contributed by atoms with Gasteiger partial charge in [0.2, 0.25) is 0 Å². The number of nitrogens with two attached hydrogens (primary N) is 1. The molecule has 1 atom stereocenters. The summed E-state index contributed by atoms with van der Waals surface area (Å²) in [5.41, 5.74) is 5.89. The van der Waals surface area contributed by atoms with Gasteiger partial charge in [-0.1, -0.05) is 6.07 Å². The molecule has 0 radical (unpaired) electrons. The average Bonchev–Trinajstić information content (AvgIpc) is 3.09. The van der Waals surface area contributed by atoms with Crippen molar-refractivity contribution in [3.05, 3.63) is 41.9 Å². The third kappa shape index (κ3) is 2.04. The van der Waals surface area contributed by atoms with Crippen LogP contribution in [-0.4, -0.2) is 9.97 Å². The number of hydrogen-bond donors (Lipinski definition) is 2. The van der Waals surface area contributed by atoms with Crippen molar-refractivity contribution in [1.82, 2.24) is 9.97 Å². The SMILES string of the molecule is CC(N)(c1ncc(-c2c(F)cccc2F)[nH]1)C1CC1. The highest BCUT2D eigenvalue weighted by atomic mass is 19.1. The van der Waals surface area contributed by atoms with Crippen LogP contribution >= 0.6 is 0 Å². The molecule has 100 valence electrons. The van der Waals surface area contributed by atoms with Crippen LogP contribution in [0.2, 0.25) is 0 Å². The normalized spacial score (nSPS) is 18.3. The number of nitrogens with one attached hydrogen (secondary N) is 1. The number of imidazole rings is 1. The molecule has 3 nitrogen and oxygen atoms in total. The molecular formula is C14H15F2N3. The lowest BCUT2D eigenvalue weighted by Crippen LogP contribution is -2.36. The Morgan fingerprint density at radius 2 is 1.95 bits per heavy atom. The lowest BCUT2D eigenvalue weighted by molar-refractivity contribution is 0.404. The maximum Gasteiger partial charge on any atom is 0.135 e. The minimum absolute atomic E-state index is 0.0900. The van der Waals surface area contributed by atoms with Gasteiger partial charge in [-0.05, 0) is 37.8 Å². The second kappa shape index (κ2) is 4.13. The molecule has 0 amide bonds. The highest BCUT2D eigenvalue weighted by Gasteiger charge is 2.41. The van der Waals surface area contributed by atoms with E-state index in [0.717, 1.165) is 12.8 Å². The third-order valence-corrected chi connectivity index (χ3v) is 3.74. The van der Waals surface area contributed by atoms with Crippen LogP contribution in [0.3, 0.4) is 0 Å². The van der Waals surface area contributed by atoms with E-state index in [0.29, 0.717) is 17.4 Å². The van der Waals surface area contributed by atoms with Crippen molar-refractivity contribution < 1.29 is 8.78 Å². The smallest absolute Gasteiger partial charge is 0.135 e. The molecule has 0 spiro atoms. The van der Waals surface area contributed by atoms with Crippen LogP contribution < -0.4 is 5.73 Å². The molecule has 1 aromatic heterocycles. The van der Waals surface area contributed by atoms with Crippen LogP contribution in [0.25, 0.3) is 11.3 Å². The molecule has 0 bridgehead atoms. The Bertz CT molecular complexity index is 595. The van der Waals surface area contributed by atoms with Crippen LogP contribution in [0, 0.1) is 17.6 Å². The van der Waals surface area contributed by atoms with Crippen molar-refractivity contribution in [1.29, 1.82) is 0 Å². The van der Waals surface area contributed by atoms with Gasteiger partial charge in [-0.15, -0.1) is 0 Å². The maximum absolute atomic E-state index is 13.7. The summed E-state index contributed by atoms with van der Waals surface area (Å²) in [5.74, 6) is -0.259. The van der Waals surface area contributed by atoms with Gasteiger partial charge in [0.15, 0.2) is 0 Å². The van der Waals surface area contributed by atoms with Crippen molar-refractivity contribution in [3.63, 3.8) is 0 Å². The largest absolute Gasteiger partial charge is 0.340 e. The van der Waals surface area contributed by atoms with Crippen molar-refractivity contribution in [2.75, 3.05) is 0 Å². The minimum atomic E-state index is -0.611. The Balaban J connectivity index is 2.02. The van der Waals surface area contributed by atoms with Crippen LogP contribution in [0.1, 0.15) is 25.6 Å². The molecule has 19 heavy (non-hydrogen) atoms. The zero-order valence-electron chi connectivity index (χ0n) is 10.6. The van der Waals surface area contributed by atoms with E-state index in [4.69, 9.17) is 5.73 Å². The summed E-state index contributed by atoms with van der Waals surface area (Å²) in [6.45, 7) is 1.89. The first-order valence-electron chi connectivity index (χ1n) is 6.29. The molecule has 0 saturated heterocycles. The van der Waals surface area contributed by atoms with Crippen LogP contribution in [-0.2, 0) is 5.54 Å². The zero-order valence-corrected chi connectivity index (χ0v) is 10.6. The number of nitrogens with zero attached hydrogens (tertiary/aromatic N) is 1. The number of hydrogen-bond acceptors (Lipinski definition) is 2. The van der Waals surface area contributed by atoms with Gasteiger partial charge in [0.1, 0.15) is 17.5 Å². The average molecular weight is 263 g/mol. The predicted molar refractivity (Wildman–Crippen MR) is 68.2 cm³/mol. The quantitative estimate of drug-likeness (QED) is 0.894. The van der Waals surface area contributed by atoms with E-state index in [9.17, 15) is 8.78 Å². The van der Waals surface area contributed by atoms with Crippen molar-refractivity contribution >= 4 is 0 Å². The molecule has 1 saturated carbocycles. The van der Waals surface area contributed by atoms with Crippen molar-refractivity contribution in [3.8, 4) is 11.3 Å². The lowest BCUT2D eigenvalue weighted by atomic mass is 9.97. The molecule has 1 unspecified atom stereocenters. The van der Waals surface area contributed by atoms with Gasteiger partial charge >= 0.3 is 0 Å². The fraction of sp³-hybridized carbons (Fsp3) is 0.357. The molecule has 2 aromatic rings. The van der Waals surface area contributed by atoms with Gasteiger partial charge in [0.05, 0.1) is 23.0 Å². The lowest BCUT2D eigenvalue weighted by Gasteiger charge is -2.21. The van der Waals surface area contributed by atoms with Crippen LogP contribution in [0.15, 0.2) is 24.4 Å². The highest BCUT2D eigenvalue weighted by Crippen LogP contribution is 2.43. The summed E-state index contributed by atoms with van der Waals surface area (Å²) in [6, 6.07) is 3.78. The van der Waals surface area contributed by atoms with E-state index in [2.05, 4.69) is 9.97 Å². The number of benzene rings is 1. The van der Waals surface area contributed by atoms with Gasteiger partial charge in [0, 0.05) is 0 Å². The second-order valence-corrected chi connectivity index (χ2v) is 5.30. The molecular weight excluding hydrogens is 248 g/mol. The summed E-state index contributed by atoms with van der Waals surface area (Å²) in [7, 11) is 0. The number of H-pyrrole nitrogens is 1. The summed E-state index contributed by atoms with van der Waals surface area (Å²) in [6.07, 6.45) is 3.57. The topological polar surface area (TPSA) is 54.7 Å². The monoisotopic (exact) mass is 263 g/mol. The van der Waals surface area contributed by atoms with E-state index >= 15 is 0 Å². The summed E-state index contributed by atoms with van der Waals surface area (Å²) in [4.78, 5) is 7.15. The molecule has 1 fully saturated rings. The molecule has 1 aliphatic carbocycles. The molecule has 1 aromatic carbocycles. The predicted octanol–water partition coefficient (Wildman–Crippen LogP) is 2.94.